The molecule has 4 aliphatic carbocycles. The molecule has 0 aromatic rings. The molecule has 0 aromatic heterocycles. The topological polar surface area (TPSA) is 37.3 Å². The minimum atomic E-state index is -0.122. The van der Waals surface area contributed by atoms with Gasteiger partial charge in [-0.25, -0.2) is 0 Å². The number of hydrogen-bond acceptors (Lipinski definition) is 2. The van der Waals surface area contributed by atoms with Crippen LogP contribution in [0.15, 0.2) is 11.6 Å². The van der Waals surface area contributed by atoms with Gasteiger partial charge in [0.05, 0.1) is 6.10 Å². The second-order valence-electron chi connectivity index (χ2n) is 8.57. The highest BCUT2D eigenvalue weighted by Gasteiger charge is 2.58. The standard InChI is InChI=1S/C19H28O2/c1-18-9-7-13(20)11-12(18)3-4-14-15-5-6-17(21)19(15,2)10-8-16(14)18/h3,13-16,20H,4-11H2,1-2H3/t13?,14-,15?,16?,18-,19?/m0/s1. The van der Waals surface area contributed by atoms with Crippen LogP contribution in [-0.4, -0.2) is 17.0 Å². The number of ketones is 1. The summed E-state index contributed by atoms with van der Waals surface area (Å²) in [4.78, 5) is 12.4. The Kier molecular flexibility index (Phi) is 2.96. The van der Waals surface area contributed by atoms with Gasteiger partial charge in [-0.3, -0.25) is 4.79 Å². The predicted molar refractivity (Wildman–Crippen MR) is 82.7 cm³/mol. The molecule has 2 heteroatoms. The van der Waals surface area contributed by atoms with E-state index in [2.05, 4.69) is 19.9 Å². The van der Waals surface area contributed by atoms with Crippen LogP contribution in [0, 0.1) is 28.6 Å². The van der Waals surface area contributed by atoms with Gasteiger partial charge in [-0.2, -0.15) is 0 Å². The zero-order chi connectivity index (χ0) is 14.8. The van der Waals surface area contributed by atoms with Gasteiger partial charge in [0.25, 0.3) is 0 Å². The molecule has 3 saturated carbocycles. The third-order valence-corrected chi connectivity index (χ3v) is 7.79. The zero-order valence-corrected chi connectivity index (χ0v) is 13.4. The molecule has 0 aromatic carbocycles. The molecule has 2 nitrogen and oxygen atoms in total. The van der Waals surface area contributed by atoms with Gasteiger partial charge in [0.1, 0.15) is 5.78 Å². The molecule has 0 bridgehead atoms. The Morgan fingerprint density at radius 1 is 1.10 bits per heavy atom. The zero-order valence-electron chi connectivity index (χ0n) is 13.4. The van der Waals surface area contributed by atoms with Crippen molar-refractivity contribution >= 4 is 5.78 Å². The maximum Gasteiger partial charge on any atom is 0.139 e. The van der Waals surface area contributed by atoms with Gasteiger partial charge < -0.3 is 5.11 Å². The van der Waals surface area contributed by atoms with Crippen LogP contribution in [0.25, 0.3) is 0 Å². The summed E-state index contributed by atoms with van der Waals surface area (Å²) in [5, 5.41) is 10.00. The van der Waals surface area contributed by atoms with Crippen molar-refractivity contribution in [1.82, 2.24) is 0 Å². The Balaban J connectivity index is 1.69. The summed E-state index contributed by atoms with van der Waals surface area (Å²) in [6.45, 7) is 4.69. The number of rotatable bonds is 0. The van der Waals surface area contributed by atoms with Crippen LogP contribution in [0.1, 0.15) is 65.2 Å². The fourth-order valence-corrected chi connectivity index (χ4v) is 6.41. The molecule has 0 spiro atoms. The molecule has 4 rings (SSSR count). The first kappa shape index (κ1) is 14.0. The van der Waals surface area contributed by atoms with Crippen LogP contribution < -0.4 is 0 Å². The van der Waals surface area contributed by atoms with E-state index in [-0.39, 0.29) is 11.5 Å². The molecule has 0 aliphatic heterocycles. The van der Waals surface area contributed by atoms with Crippen molar-refractivity contribution < 1.29 is 9.90 Å². The summed E-state index contributed by atoms with van der Waals surface area (Å²) >= 11 is 0. The van der Waals surface area contributed by atoms with Crippen LogP contribution in [-0.2, 0) is 4.79 Å². The van der Waals surface area contributed by atoms with E-state index in [1.165, 1.54) is 12.0 Å². The largest absolute Gasteiger partial charge is 0.393 e. The second kappa shape index (κ2) is 4.44. The monoisotopic (exact) mass is 288 g/mol. The number of carbonyl (C=O) groups excluding carboxylic acids is 1. The Hall–Kier alpha value is -0.630. The number of allylic oxidation sites excluding steroid dienone is 1. The summed E-state index contributed by atoms with van der Waals surface area (Å²) in [5.74, 6) is 2.60. The average Bonchev–Trinajstić information content (AvgIpc) is 2.76. The highest BCUT2D eigenvalue weighted by atomic mass is 16.3. The van der Waals surface area contributed by atoms with Gasteiger partial charge in [0, 0.05) is 11.8 Å². The molecule has 4 unspecified atom stereocenters. The van der Waals surface area contributed by atoms with Crippen LogP contribution in [0.5, 0.6) is 0 Å². The highest BCUT2D eigenvalue weighted by molar-refractivity contribution is 5.87. The van der Waals surface area contributed by atoms with E-state index in [4.69, 9.17) is 0 Å². The van der Waals surface area contributed by atoms with Crippen molar-refractivity contribution in [1.29, 1.82) is 0 Å². The minimum absolute atomic E-state index is 0.0168. The molecule has 6 atom stereocenters. The lowest BCUT2D eigenvalue weighted by Gasteiger charge is -2.56. The number of Topliss-reactive ketones (excluding diaryl/α,β-unsaturated/α-hetero) is 1. The van der Waals surface area contributed by atoms with E-state index < -0.39 is 0 Å². The lowest BCUT2D eigenvalue weighted by molar-refractivity contribution is -0.132. The third-order valence-electron chi connectivity index (χ3n) is 7.79. The number of carbonyl (C=O) groups is 1. The number of hydrogen-bond donors (Lipinski definition) is 1. The number of aliphatic hydroxyl groups excluding tert-OH is 1. The van der Waals surface area contributed by atoms with E-state index in [1.54, 1.807) is 0 Å². The summed E-state index contributed by atoms with van der Waals surface area (Å²) in [6, 6.07) is 0. The molecular formula is C19H28O2. The second-order valence-corrected chi connectivity index (χ2v) is 8.57. The van der Waals surface area contributed by atoms with E-state index in [9.17, 15) is 9.90 Å². The Morgan fingerprint density at radius 2 is 1.81 bits per heavy atom. The highest BCUT2D eigenvalue weighted by Crippen LogP contribution is 2.63. The molecule has 116 valence electrons. The first-order valence-corrected chi connectivity index (χ1v) is 8.86. The van der Waals surface area contributed by atoms with Gasteiger partial charge in [-0.15, -0.1) is 0 Å². The predicted octanol–water partition coefficient (Wildman–Crippen LogP) is 3.88. The number of aliphatic hydroxyl groups is 1. The van der Waals surface area contributed by atoms with E-state index in [0.29, 0.717) is 23.0 Å². The van der Waals surface area contributed by atoms with Crippen LogP contribution in [0.4, 0.5) is 0 Å². The molecule has 1 N–H and O–H groups in total. The van der Waals surface area contributed by atoms with E-state index in [1.807, 2.05) is 0 Å². The van der Waals surface area contributed by atoms with Crippen LogP contribution >= 0.6 is 0 Å². The summed E-state index contributed by atoms with van der Waals surface area (Å²) in [5.41, 5.74) is 1.81. The Morgan fingerprint density at radius 3 is 2.62 bits per heavy atom. The number of fused-ring (bicyclic) bond motifs is 5. The first-order chi connectivity index (χ1) is 9.95. The lowest BCUT2D eigenvalue weighted by atomic mass is 9.48. The minimum Gasteiger partial charge on any atom is -0.393 e. The quantitative estimate of drug-likeness (QED) is 0.687. The molecule has 4 aliphatic rings. The maximum atomic E-state index is 12.4. The molecule has 0 saturated heterocycles. The molecule has 0 amide bonds. The molecular weight excluding hydrogens is 260 g/mol. The van der Waals surface area contributed by atoms with Crippen LogP contribution in [0.3, 0.4) is 0 Å². The van der Waals surface area contributed by atoms with Gasteiger partial charge >= 0.3 is 0 Å². The Bertz CT molecular complexity index is 508. The van der Waals surface area contributed by atoms with Crippen molar-refractivity contribution in [3.63, 3.8) is 0 Å². The summed E-state index contributed by atoms with van der Waals surface area (Å²) in [7, 11) is 0. The third kappa shape index (κ3) is 1.78. The molecule has 21 heavy (non-hydrogen) atoms. The van der Waals surface area contributed by atoms with Gasteiger partial charge in [-0.05, 0) is 68.1 Å². The van der Waals surface area contributed by atoms with Gasteiger partial charge in [0.2, 0.25) is 0 Å². The maximum absolute atomic E-state index is 12.4. The van der Waals surface area contributed by atoms with Crippen molar-refractivity contribution in [3.05, 3.63) is 11.6 Å². The van der Waals surface area contributed by atoms with Crippen molar-refractivity contribution in [2.45, 2.75) is 71.3 Å². The van der Waals surface area contributed by atoms with E-state index >= 15 is 0 Å². The fourth-order valence-electron chi connectivity index (χ4n) is 6.41. The summed E-state index contributed by atoms with van der Waals surface area (Å²) < 4.78 is 0. The smallest absolute Gasteiger partial charge is 0.139 e. The molecule has 0 heterocycles. The lowest BCUT2D eigenvalue weighted by Crippen LogP contribution is -2.50. The SMILES string of the molecule is CC12CCC3[C@@H](CC=C4CC(O)CC[C@@]43C)C1CCC2=O. The summed E-state index contributed by atoms with van der Waals surface area (Å²) in [6.07, 6.45) is 10.7. The average molecular weight is 288 g/mol. The first-order valence-electron chi connectivity index (χ1n) is 8.86. The molecule has 3 fully saturated rings. The van der Waals surface area contributed by atoms with E-state index in [0.717, 1.165) is 50.9 Å². The van der Waals surface area contributed by atoms with Crippen molar-refractivity contribution in [3.8, 4) is 0 Å². The Labute approximate surface area is 128 Å². The molecule has 0 radical (unpaired) electrons. The van der Waals surface area contributed by atoms with Crippen molar-refractivity contribution in [2.24, 2.45) is 28.6 Å². The fraction of sp³-hybridized carbons (Fsp3) is 0.842. The normalized spacial score (nSPS) is 52.7. The van der Waals surface area contributed by atoms with Gasteiger partial charge in [0.15, 0.2) is 0 Å². The van der Waals surface area contributed by atoms with Crippen LogP contribution in [0.2, 0.25) is 0 Å². The van der Waals surface area contributed by atoms with Gasteiger partial charge in [-0.1, -0.05) is 25.5 Å². The van der Waals surface area contributed by atoms with Crippen molar-refractivity contribution in [2.75, 3.05) is 0 Å².